The molecule has 1 fully saturated rings. The van der Waals surface area contributed by atoms with Crippen LogP contribution in [0.15, 0.2) is 42.5 Å². The van der Waals surface area contributed by atoms with Crippen LogP contribution in [-0.2, 0) is 0 Å². The normalized spacial score (nSPS) is 20.3. The molecular weight excluding hydrogens is 338 g/mol. The molecule has 0 aliphatic heterocycles. The molecule has 0 spiro atoms. The van der Waals surface area contributed by atoms with Gasteiger partial charge in [0.2, 0.25) is 0 Å². The molecular formula is C25H30F2. The van der Waals surface area contributed by atoms with Crippen molar-refractivity contribution in [1.29, 1.82) is 0 Å². The maximum atomic E-state index is 13.7. The van der Waals surface area contributed by atoms with E-state index in [1.165, 1.54) is 69.1 Å². The monoisotopic (exact) mass is 368 g/mol. The van der Waals surface area contributed by atoms with E-state index in [4.69, 9.17) is 0 Å². The van der Waals surface area contributed by atoms with Crippen LogP contribution in [0.1, 0.15) is 80.9 Å². The van der Waals surface area contributed by atoms with Gasteiger partial charge in [-0.2, -0.15) is 0 Å². The summed E-state index contributed by atoms with van der Waals surface area (Å²) in [5.41, 5.74) is 2.87. The minimum absolute atomic E-state index is 0.405. The zero-order chi connectivity index (χ0) is 19.1. The van der Waals surface area contributed by atoms with E-state index < -0.39 is 11.6 Å². The minimum Gasteiger partial charge on any atom is -0.207 e. The third-order valence-corrected chi connectivity index (χ3v) is 5.89. The van der Waals surface area contributed by atoms with Crippen molar-refractivity contribution < 1.29 is 8.78 Å². The molecule has 27 heavy (non-hydrogen) atoms. The summed E-state index contributed by atoms with van der Waals surface area (Å²) in [5, 5.41) is 0. The van der Waals surface area contributed by atoms with Crippen molar-refractivity contribution in [3.05, 3.63) is 70.8 Å². The maximum absolute atomic E-state index is 13.7. The summed E-state index contributed by atoms with van der Waals surface area (Å²) in [5.74, 6) is 0.535. The van der Waals surface area contributed by atoms with E-state index >= 15 is 0 Å². The Hall–Kier alpha value is -1.96. The van der Waals surface area contributed by atoms with Gasteiger partial charge in [0.05, 0.1) is 0 Å². The van der Waals surface area contributed by atoms with E-state index in [9.17, 15) is 8.78 Å². The third kappa shape index (κ3) is 5.76. The molecule has 2 aromatic rings. The summed E-state index contributed by atoms with van der Waals surface area (Å²) in [6, 6.07) is 12.3. The highest BCUT2D eigenvalue weighted by Crippen LogP contribution is 2.37. The Kier molecular flexibility index (Phi) is 7.20. The zero-order valence-corrected chi connectivity index (χ0v) is 16.3. The van der Waals surface area contributed by atoms with E-state index in [1.54, 1.807) is 6.08 Å². The van der Waals surface area contributed by atoms with Crippen molar-refractivity contribution in [2.24, 2.45) is 5.92 Å². The van der Waals surface area contributed by atoms with Gasteiger partial charge in [0.1, 0.15) is 11.6 Å². The lowest BCUT2D eigenvalue weighted by Crippen LogP contribution is -2.13. The van der Waals surface area contributed by atoms with Crippen LogP contribution >= 0.6 is 0 Å². The lowest BCUT2D eigenvalue weighted by atomic mass is 9.77. The highest BCUT2D eigenvalue weighted by Gasteiger charge is 2.21. The number of halogens is 2. The summed E-state index contributed by atoms with van der Waals surface area (Å²) >= 11 is 0. The fourth-order valence-corrected chi connectivity index (χ4v) is 4.17. The summed E-state index contributed by atoms with van der Waals surface area (Å²) in [7, 11) is 0. The number of hydrogen-bond acceptors (Lipinski definition) is 0. The molecule has 1 aliphatic carbocycles. The molecule has 1 aliphatic rings. The van der Waals surface area contributed by atoms with Crippen LogP contribution in [0, 0.1) is 17.6 Å². The highest BCUT2D eigenvalue weighted by atomic mass is 19.1. The molecule has 2 aromatic carbocycles. The Morgan fingerprint density at radius 1 is 0.889 bits per heavy atom. The average Bonchev–Trinajstić information content (AvgIpc) is 2.69. The molecule has 0 heterocycles. The van der Waals surface area contributed by atoms with E-state index in [1.807, 2.05) is 6.08 Å². The summed E-state index contributed by atoms with van der Waals surface area (Å²) in [4.78, 5) is 0. The Morgan fingerprint density at radius 2 is 1.63 bits per heavy atom. The maximum Gasteiger partial charge on any atom is 0.133 e. The fraction of sp³-hybridized carbons (Fsp3) is 0.440. The average molecular weight is 369 g/mol. The van der Waals surface area contributed by atoms with E-state index in [0.29, 0.717) is 11.5 Å². The fourth-order valence-electron chi connectivity index (χ4n) is 4.17. The van der Waals surface area contributed by atoms with Gasteiger partial charge in [-0.15, -0.1) is 0 Å². The zero-order valence-electron chi connectivity index (χ0n) is 16.3. The number of hydrogen-bond donors (Lipinski definition) is 0. The topological polar surface area (TPSA) is 0 Å². The van der Waals surface area contributed by atoms with Crippen molar-refractivity contribution in [2.45, 2.75) is 64.2 Å². The van der Waals surface area contributed by atoms with Gasteiger partial charge < -0.3 is 0 Å². The molecule has 144 valence electrons. The quantitative estimate of drug-likeness (QED) is 0.343. The van der Waals surface area contributed by atoms with Crippen LogP contribution in [0.2, 0.25) is 0 Å². The number of rotatable bonds is 7. The van der Waals surface area contributed by atoms with Gasteiger partial charge in [-0.05, 0) is 60.8 Å². The molecule has 2 heteroatoms. The van der Waals surface area contributed by atoms with Crippen molar-refractivity contribution in [2.75, 3.05) is 0 Å². The van der Waals surface area contributed by atoms with Gasteiger partial charge in [0.15, 0.2) is 0 Å². The Balaban J connectivity index is 1.54. The molecule has 3 rings (SSSR count). The summed E-state index contributed by atoms with van der Waals surface area (Å²) < 4.78 is 26.7. The van der Waals surface area contributed by atoms with E-state index in [0.717, 1.165) is 17.5 Å². The van der Waals surface area contributed by atoms with E-state index in [-0.39, 0.29) is 0 Å². The predicted octanol–water partition coefficient (Wildman–Crippen LogP) is 7.99. The molecule has 1 saturated carbocycles. The Labute approximate surface area is 162 Å². The van der Waals surface area contributed by atoms with Gasteiger partial charge in [0.25, 0.3) is 0 Å². The predicted molar refractivity (Wildman–Crippen MR) is 111 cm³/mol. The van der Waals surface area contributed by atoms with Crippen LogP contribution in [0.4, 0.5) is 8.78 Å². The second-order valence-corrected chi connectivity index (χ2v) is 7.88. The van der Waals surface area contributed by atoms with Crippen LogP contribution < -0.4 is 0 Å². The van der Waals surface area contributed by atoms with Crippen molar-refractivity contribution in [3.63, 3.8) is 0 Å². The second kappa shape index (κ2) is 9.82. The first kappa shape index (κ1) is 19.8. The van der Waals surface area contributed by atoms with Gasteiger partial charge in [-0.25, -0.2) is 8.78 Å². The number of benzene rings is 2. The van der Waals surface area contributed by atoms with Crippen molar-refractivity contribution in [3.8, 4) is 0 Å². The molecule has 0 bridgehead atoms. The lowest BCUT2D eigenvalue weighted by Gasteiger charge is -2.29. The van der Waals surface area contributed by atoms with Crippen molar-refractivity contribution >= 4 is 12.2 Å². The van der Waals surface area contributed by atoms with Crippen LogP contribution in [0.25, 0.3) is 12.2 Å². The van der Waals surface area contributed by atoms with E-state index in [2.05, 4.69) is 31.2 Å². The molecule has 0 atom stereocenters. The van der Waals surface area contributed by atoms with Gasteiger partial charge >= 0.3 is 0 Å². The SMILES string of the molecule is CCCCC[C@H]1CC[C@H](c2ccc(C=Cc3ccc(F)cc3F)cc2)CC1. The molecule has 0 saturated heterocycles. The Bertz CT molecular complexity index is 737. The van der Waals surface area contributed by atoms with Crippen LogP contribution in [-0.4, -0.2) is 0 Å². The standard InChI is InChI=1S/C25H30F2/c1-2-3-4-5-19-6-11-21(12-7-19)22-13-8-20(9-14-22)10-15-23-16-17-24(26)18-25(23)27/h8-10,13-19,21H,2-7,11-12H2,1H3/t19-,21-. The lowest BCUT2D eigenvalue weighted by molar-refractivity contribution is 0.303. The summed E-state index contributed by atoms with van der Waals surface area (Å²) in [6.45, 7) is 2.27. The van der Waals surface area contributed by atoms with Crippen LogP contribution in [0.3, 0.4) is 0 Å². The van der Waals surface area contributed by atoms with Gasteiger partial charge in [0, 0.05) is 11.6 Å². The third-order valence-electron chi connectivity index (χ3n) is 5.89. The smallest absolute Gasteiger partial charge is 0.133 e. The number of unbranched alkanes of at least 4 members (excludes halogenated alkanes) is 2. The molecule has 0 nitrogen and oxygen atoms in total. The molecule has 0 amide bonds. The molecule has 0 unspecified atom stereocenters. The van der Waals surface area contributed by atoms with Gasteiger partial charge in [-0.3, -0.25) is 0 Å². The van der Waals surface area contributed by atoms with Gasteiger partial charge in [-0.1, -0.05) is 69.0 Å². The second-order valence-electron chi connectivity index (χ2n) is 7.88. The molecule has 0 radical (unpaired) electrons. The molecule has 0 N–H and O–H groups in total. The Morgan fingerprint density at radius 3 is 2.30 bits per heavy atom. The largest absolute Gasteiger partial charge is 0.207 e. The minimum atomic E-state index is -0.547. The first-order chi connectivity index (χ1) is 13.2. The van der Waals surface area contributed by atoms with Crippen molar-refractivity contribution in [1.82, 2.24) is 0 Å². The first-order valence-corrected chi connectivity index (χ1v) is 10.4. The first-order valence-electron chi connectivity index (χ1n) is 10.4. The highest BCUT2D eigenvalue weighted by molar-refractivity contribution is 5.69. The molecule has 0 aromatic heterocycles. The summed E-state index contributed by atoms with van der Waals surface area (Å²) in [6.07, 6.45) is 14.4. The van der Waals surface area contributed by atoms with Crippen LogP contribution in [0.5, 0.6) is 0 Å².